The highest BCUT2D eigenvalue weighted by atomic mass is 16.5. The van der Waals surface area contributed by atoms with E-state index in [2.05, 4.69) is 12.2 Å². The van der Waals surface area contributed by atoms with E-state index >= 15 is 0 Å². The molecule has 1 rings (SSSR count). The molecule has 0 aliphatic carbocycles. The fraction of sp³-hybridized carbons (Fsp3) is 0.500. The number of ether oxygens (including phenoxy) is 2. The quantitative estimate of drug-likeness (QED) is 0.561. The molecular weight excluding hydrogens is 270 g/mol. The van der Waals surface area contributed by atoms with Crippen LogP contribution in [0.3, 0.4) is 0 Å². The number of rotatable bonds is 9. The lowest BCUT2D eigenvalue weighted by Gasteiger charge is -2.07. The van der Waals surface area contributed by atoms with Gasteiger partial charge in [-0.25, -0.2) is 0 Å². The summed E-state index contributed by atoms with van der Waals surface area (Å²) in [6, 6.07) is 6.79. The Morgan fingerprint density at radius 1 is 1.14 bits per heavy atom. The first-order valence-corrected chi connectivity index (χ1v) is 7.25. The van der Waals surface area contributed by atoms with E-state index in [1.165, 1.54) is 0 Å². The lowest BCUT2D eigenvalue weighted by molar-refractivity contribution is -0.143. The minimum atomic E-state index is -0.277. The second-order valence-corrected chi connectivity index (χ2v) is 4.66. The Labute approximate surface area is 125 Å². The van der Waals surface area contributed by atoms with Crippen molar-refractivity contribution in [3.05, 3.63) is 29.8 Å². The molecule has 5 heteroatoms. The van der Waals surface area contributed by atoms with Gasteiger partial charge in [0.05, 0.1) is 20.1 Å². The van der Waals surface area contributed by atoms with Crippen LogP contribution in [0.25, 0.3) is 0 Å². The summed E-state index contributed by atoms with van der Waals surface area (Å²) >= 11 is 0. The molecule has 0 spiro atoms. The van der Waals surface area contributed by atoms with E-state index in [1.54, 1.807) is 31.4 Å². The molecule has 0 fully saturated rings. The van der Waals surface area contributed by atoms with Gasteiger partial charge in [0, 0.05) is 12.1 Å². The Bertz CT molecular complexity index is 442. The van der Waals surface area contributed by atoms with Crippen LogP contribution in [-0.4, -0.2) is 32.1 Å². The van der Waals surface area contributed by atoms with Crippen LogP contribution in [0.15, 0.2) is 24.3 Å². The minimum absolute atomic E-state index is 0.189. The van der Waals surface area contributed by atoms with Gasteiger partial charge >= 0.3 is 5.97 Å². The van der Waals surface area contributed by atoms with Crippen molar-refractivity contribution in [2.24, 2.45) is 0 Å². The van der Waals surface area contributed by atoms with Crippen molar-refractivity contribution < 1.29 is 19.1 Å². The van der Waals surface area contributed by atoms with E-state index in [1.807, 2.05) is 0 Å². The van der Waals surface area contributed by atoms with E-state index in [0.717, 1.165) is 19.3 Å². The number of unbranched alkanes of at least 4 members (excludes halogenated alkanes) is 2. The maximum Gasteiger partial charge on any atom is 0.307 e. The molecule has 0 saturated heterocycles. The Kier molecular flexibility index (Phi) is 7.94. The molecule has 0 radical (unpaired) electrons. The van der Waals surface area contributed by atoms with E-state index < -0.39 is 0 Å². The molecule has 0 bridgehead atoms. The zero-order valence-electron chi connectivity index (χ0n) is 12.7. The predicted molar refractivity (Wildman–Crippen MR) is 80.4 cm³/mol. The summed E-state index contributed by atoms with van der Waals surface area (Å²) in [7, 11) is 1.57. The molecule has 116 valence electrons. The molecule has 21 heavy (non-hydrogen) atoms. The van der Waals surface area contributed by atoms with Gasteiger partial charge in [-0.1, -0.05) is 19.8 Å². The predicted octanol–water partition coefficient (Wildman–Crippen LogP) is 2.55. The summed E-state index contributed by atoms with van der Waals surface area (Å²) in [5.41, 5.74) is 0.534. The maximum absolute atomic E-state index is 11.8. The summed E-state index contributed by atoms with van der Waals surface area (Å²) in [6.45, 7) is 2.83. The molecule has 0 heterocycles. The highest BCUT2D eigenvalue weighted by molar-refractivity contribution is 5.94. The molecule has 5 nitrogen and oxygen atoms in total. The molecule has 0 aliphatic heterocycles. The fourth-order valence-corrected chi connectivity index (χ4v) is 1.73. The number of amides is 1. The lowest BCUT2D eigenvalue weighted by Crippen LogP contribution is -2.26. The summed E-state index contributed by atoms with van der Waals surface area (Å²) < 4.78 is 10.1. The van der Waals surface area contributed by atoms with Crippen LogP contribution < -0.4 is 10.1 Å². The number of benzene rings is 1. The SMILES string of the molecule is CCCCCOC(=O)CCNC(=O)c1ccc(OC)cc1. The summed E-state index contributed by atoms with van der Waals surface area (Å²) in [5, 5.41) is 2.69. The van der Waals surface area contributed by atoms with Crippen LogP contribution >= 0.6 is 0 Å². The maximum atomic E-state index is 11.8. The molecule has 1 aromatic carbocycles. The van der Waals surface area contributed by atoms with Gasteiger partial charge in [-0.2, -0.15) is 0 Å². The van der Waals surface area contributed by atoms with Crippen LogP contribution in [-0.2, 0) is 9.53 Å². The van der Waals surface area contributed by atoms with E-state index in [-0.39, 0.29) is 24.8 Å². The molecule has 0 aliphatic rings. The van der Waals surface area contributed by atoms with Crippen molar-refractivity contribution in [2.45, 2.75) is 32.6 Å². The van der Waals surface area contributed by atoms with Crippen molar-refractivity contribution in [3.63, 3.8) is 0 Å². The van der Waals surface area contributed by atoms with Crippen molar-refractivity contribution in [1.82, 2.24) is 5.32 Å². The third kappa shape index (κ3) is 6.79. The average Bonchev–Trinajstić information content (AvgIpc) is 2.51. The van der Waals surface area contributed by atoms with Gasteiger partial charge in [0.25, 0.3) is 5.91 Å². The van der Waals surface area contributed by atoms with Crippen LogP contribution in [0, 0.1) is 0 Å². The topological polar surface area (TPSA) is 64.6 Å². The summed E-state index contributed by atoms with van der Waals surface area (Å²) in [4.78, 5) is 23.2. The Morgan fingerprint density at radius 3 is 2.48 bits per heavy atom. The Balaban J connectivity index is 2.21. The molecule has 0 saturated carbocycles. The minimum Gasteiger partial charge on any atom is -0.497 e. The van der Waals surface area contributed by atoms with Gasteiger partial charge in [-0.3, -0.25) is 9.59 Å². The normalized spacial score (nSPS) is 10.0. The molecular formula is C16H23NO4. The average molecular weight is 293 g/mol. The van der Waals surface area contributed by atoms with Crippen molar-refractivity contribution >= 4 is 11.9 Å². The van der Waals surface area contributed by atoms with Gasteiger partial charge in [-0.05, 0) is 30.7 Å². The van der Waals surface area contributed by atoms with Crippen LogP contribution in [0.2, 0.25) is 0 Å². The van der Waals surface area contributed by atoms with Crippen molar-refractivity contribution in [2.75, 3.05) is 20.3 Å². The number of hydrogen-bond acceptors (Lipinski definition) is 4. The number of esters is 1. The van der Waals surface area contributed by atoms with Gasteiger partial charge in [-0.15, -0.1) is 0 Å². The van der Waals surface area contributed by atoms with Crippen LogP contribution in [0.5, 0.6) is 5.75 Å². The lowest BCUT2D eigenvalue weighted by atomic mass is 10.2. The highest BCUT2D eigenvalue weighted by Crippen LogP contribution is 2.10. The Morgan fingerprint density at radius 2 is 1.86 bits per heavy atom. The van der Waals surface area contributed by atoms with Crippen LogP contribution in [0.1, 0.15) is 43.0 Å². The smallest absolute Gasteiger partial charge is 0.307 e. The molecule has 0 atom stereocenters. The zero-order chi connectivity index (χ0) is 15.5. The molecule has 1 N–H and O–H groups in total. The van der Waals surface area contributed by atoms with E-state index in [0.29, 0.717) is 17.9 Å². The summed E-state index contributed by atoms with van der Waals surface area (Å²) in [6.07, 6.45) is 3.23. The van der Waals surface area contributed by atoms with Gasteiger partial charge in [0.2, 0.25) is 0 Å². The fourth-order valence-electron chi connectivity index (χ4n) is 1.73. The molecule has 1 aromatic rings. The number of carbonyl (C=O) groups is 2. The van der Waals surface area contributed by atoms with Gasteiger partial charge in [0.1, 0.15) is 5.75 Å². The van der Waals surface area contributed by atoms with Gasteiger partial charge < -0.3 is 14.8 Å². The van der Waals surface area contributed by atoms with Gasteiger partial charge in [0.15, 0.2) is 0 Å². The standard InChI is InChI=1S/C16H23NO4/c1-3-4-5-12-21-15(18)10-11-17-16(19)13-6-8-14(20-2)9-7-13/h6-9H,3-5,10-12H2,1-2H3,(H,17,19). The number of carbonyl (C=O) groups excluding carboxylic acids is 2. The monoisotopic (exact) mass is 293 g/mol. The first-order chi connectivity index (χ1) is 10.2. The number of hydrogen-bond donors (Lipinski definition) is 1. The molecule has 0 aromatic heterocycles. The van der Waals surface area contributed by atoms with E-state index in [4.69, 9.17) is 9.47 Å². The van der Waals surface area contributed by atoms with Crippen LogP contribution in [0.4, 0.5) is 0 Å². The Hall–Kier alpha value is -2.04. The third-order valence-electron chi connectivity index (χ3n) is 2.98. The highest BCUT2D eigenvalue weighted by Gasteiger charge is 2.07. The summed E-state index contributed by atoms with van der Waals surface area (Å²) in [5.74, 6) is 0.208. The first kappa shape index (κ1) is 17.0. The molecule has 0 unspecified atom stereocenters. The number of nitrogens with one attached hydrogen (secondary N) is 1. The van der Waals surface area contributed by atoms with Crippen molar-refractivity contribution in [3.8, 4) is 5.75 Å². The second-order valence-electron chi connectivity index (χ2n) is 4.66. The second kappa shape index (κ2) is 9.80. The molecule has 1 amide bonds. The third-order valence-corrected chi connectivity index (χ3v) is 2.98. The first-order valence-electron chi connectivity index (χ1n) is 7.25. The number of methoxy groups -OCH3 is 1. The van der Waals surface area contributed by atoms with E-state index in [9.17, 15) is 9.59 Å². The zero-order valence-corrected chi connectivity index (χ0v) is 12.7. The van der Waals surface area contributed by atoms with Crippen molar-refractivity contribution in [1.29, 1.82) is 0 Å². The largest absolute Gasteiger partial charge is 0.497 e.